The van der Waals surface area contributed by atoms with E-state index in [0.717, 1.165) is 11.3 Å². The van der Waals surface area contributed by atoms with E-state index < -0.39 is 0 Å². The number of benzene rings is 1. The third kappa shape index (κ3) is 4.13. The van der Waals surface area contributed by atoms with Crippen molar-refractivity contribution in [3.8, 4) is 11.5 Å². The van der Waals surface area contributed by atoms with Crippen molar-refractivity contribution in [1.29, 1.82) is 0 Å². The number of phenolic OH excluding ortho intramolecular Hbond substituents is 1. The fourth-order valence-corrected chi connectivity index (χ4v) is 2.43. The molecule has 1 aromatic carbocycles. The largest absolute Gasteiger partial charge is 0.507 e. The predicted molar refractivity (Wildman–Crippen MR) is 74.1 cm³/mol. The van der Waals surface area contributed by atoms with Crippen molar-refractivity contribution in [2.45, 2.75) is 25.9 Å². The Balaban J connectivity index is 2.71. The molecule has 2 unspecified atom stereocenters. The van der Waals surface area contributed by atoms with Gasteiger partial charge in [-0.05, 0) is 26.2 Å². The van der Waals surface area contributed by atoms with Crippen LogP contribution in [0.1, 0.15) is 25.5 Å². The highest BCUT2D eigenvalue weighted by atomic mass is 32.2. The number of nitrogens with one attached hydrogen (secondary N) is 1. The highest BCUT2D eigenvalue weighted by molar-refractivity contribution is 7.98. The van der Waals surface area contributed by atoms with Crippen LogP contribution in [0.15, 0.2) is 18.2 Å². The van der Waals surface area contributed by atoms with Crippen molar-refractivity contribution in [1.82, 2.24) is 5.32 Å². The van der Waals surface area contributed by atoms with Crippen LogP contribution in [0.5, 0.6) is 11.5 Å². The monoisotopic (exact) mass is 255 g/mol. The molecule has 17 heavy (non-hydrogen) atoms. The molecule has 0 fully saturated rings. The zero-order chi connectivity index (χ0) is 12.8. The van der Waals surface area contributed by atoms with Gasteiger partial charge >= 0.3 is 0 Å². The van der Waals surface area contributed by atoms with Crippen LogP contribution in [0.4, 0.5) is 0 Å². The van der Waals surface area contributed by atoms with Gasteiger partial charge in [0, 0.05) is 29.5 Å². The summed E-state index contributed by atoms with van der Waals surface area (Å²) in [5.41, 5.74) is 0.902. The van der Waals surface area contributed by atoms with Gasteiger partial charge in [-0.25, -0.2) is 0 Å². The Hall–Kier alpha value is -0.870. The molecule has 0 saturated carbocycles. The topological polar surface area (TPSA) is 41.5 Å². The molecule has 0 saturated heterocycles. The average Bonchev–Trinajstić information content (AvgIpc) is 2.28. The summed E-state index contributed by atoms with van der Waals surface area (Å²) in [6, 6.07) is 5.96. The lowest BCUT2D eigenvalue weighted by Gasteiger charge is -2.20. The molecule has 0 aromatic heterocycles. The number of methoxy groups -OCH3 is 1. The van der Waals surface area contributed by atoms with Gasteiger partial charge < -0.3 is 15.2 Å². The fraction of sp³-hybridized carbons (Fsp3) is 0.538. The molecule has 2 atom stereocenters. The van der Waals surface area contributed by atoms with Crippen molar-refractivity contribution in [3.63, 3.8) is 0 Å². The van der Waals surface area contributed by atoms with Gasteiger partial charge in [0.05, 0.1) is 7.11 Å². The van der Waals surface area contributed by atoms with E-state index in [9.17, 15) is 5.11 Å². The van der Waals surface area contributed by atoms with Crippen LogP contribution in [0.2, 0.25) is 0 Å². The van der Waals surface area contributed by atoms with Crippen LogP contribution in [0, 0.1) is 0 Å². The Labute approximate surface area is 108 Å². The number of thioether (sulfide) groups is 1. The Kier molecular flexibility index (Phi) is 5.65. The molecule has 4 heteroatoms. The van der Waals surface area contributed by atoms with Crippen molar-refractivity contribution in [2.75, 3.05) is 19.1 Å². The van der Waals surface area contributed by atoms with E-state index in [2.05, 4.69) is 25.4 Å². The first kappa shape index (κ1) is 14.2. The van der Waals surface area contributed by atoms with Crippen LogP contribution >= 0.6 is 11.8 Å². The van der Waals surface area contributed by atoms with E-state index in [1.807, 2.05) is 23.9 Å². The Morgan fingerprint density at radius 3 is 2.65 bits per heavy atom. The normalized spacial score (nSPS) is 14.4. The Bertz CT molecular complexity index is 357. The van der Waals surface area contributed by atoms with Gasteiger partial charge in [-0.2, -0.15) is 11.8 Å². The van der Waals surface area contributed by atoms with E-state index in [1.165, 1.54) is 0 Å². The molecule has 0 spiro atoms. The number of hydrogen-bond donors (Lipinski definition) is 2. The molecule has 0 radical (unpaired) electrons. The quantitative estimate of drug-likeness (QED) is 0.820. The number of phenols is 1. The van der Waals surface area contributed by atoms with E-state index in [4.69, 9.17) is 4.74 Å². The molecule has 0 aliphatic heterocycles. The molecule has 2 N–H and O–H groups in total. The summed E-state index contributed by atoms with van der Waals surface area (Å²) < 4.78 is 5.07. The van der Waals surface area contributed by atoms with Gasteiger partial charge in [0.15, 0.2) is 0 Å². The van der Waals surface area contributed by atoms with Gasteiger partial charge in [0.1, 0.15) is 11.5 Å². The van der Waals surface area contributed by atoms with E-state index in [0.29, 0.717) is 11.8 Å². The predicted octanol–water partition coefficient (Wildman–Crippen LogP) is 2.80. The molecule has 0 aliphatic carbocycles. The number of aromatic hydroxyl groups is 1. The molecule has 0 amide bonds. The maximum Gasteiger partial charge on any atom is 0.124 e. The Morgan fingerprint density at radius 1 is 1.41 bits per heavy atom. The second-order valence-corrected chi connectivity index (χ2v) is 5.08. The maximum absolute atomic E-state index is 9.91. The summed E-state index contributed by atoms with van der Waals surface area (Å²) in [5, 5.41) is 13.4. The Morgan fingerprint density at radius 2 is 2.12 bits per heavy atom. The molecule has 3 nitrogen and oxygen atoms in total. The zero-order valence-corrected chi connectivity index (χ0v) is 11.7. The molecular formula is C13H21NO2S. The summed E-state index contributed by atoms with van der Waals surface area (Å²) in [4.78, 5) is 0. The van der Waals surface area contributed by atoms with Gasteiger partial charge in [0.2, 0.25) is 0 Å². The zero-order valence-electron chi connectivity index (χ0n) is 10.9. The molecule has 0 bridgehead atoms. The molecular weight excluding hydrogens is 234 g/mol. The van der Waals surface area contributed by atoms with Crippen molar-refractivity contribution >= 4 is 11.8 Å². The number of hydrogen-bond acceptors (Lipinski definition) is 4. The van der Waals surface area contributed by atoms with Crippen LogP contribution in [-0.2, 0) is 0 Å². The fourth-order valence-electron chi connectivity index (χ4n) is 1.83. The van der Waals surface area contributed by atoms with E-state index >= 15 is 0 Å². The van der Waals surface area contributed by atoms with E-state index in [1.54, 1.807) is 13.2 Å². The highest BCUT2D eigenvalue weighted by Gasteiger charge is 2.13. The third-order valence-electron chi connectivity index (χ3n) is 2.66. The molecule has 0 aliphatic rings. The maximum atomic E-state index is 9.91. The molecule has 96 valence electrons. The summed E-state index contributed by atoms with van der Waals surface area (Å²) in [6.45, 7) is 4.20. The third-order valence-corrected chi connectivity index (χ3v) is 3.49. The second kappa shape index (κ2) is 6.77. The molecule has 1 rings (SSSR count). The summed E-state index contributed by atoms with van der Waals surface area (Å²) >= 11 is 1.81. The van der Waals surface area contributed by atoms with Crippen LogP contribution < -0.4 is 10.1 Å². The average molecular weight is 255 g/mol. The minimum Gasteiger partial charge on any atom is -0.507 e. The second-order valence-electron chi connectivity index (χ2n) is 4.17. The lowest BCUT2D eigenvalue weighted by molar-refractivity contribution is 0.402. The van der Waals surface area contributed by atoms with Gasteiger partial charge in [-0.3, -0.25) is 0 Å². The van der Waals surface area contributed by atoms with Crippen LogP contribution in [0.25, 0.3) is 0 Å². The van der Waals surface area contributed by atoms with Gasteiger partial charge in [-0.15, -0.1) is 0 Å². The number of rotatable bonds is 6. The minimum absolute atomic E-state index is 0.128. The van der Waals surface area contributed by atoms with Gasteiger partial charge in [0.25, 0.3) is 0 Å². The van der Waals surface area contributed by atoms with Crippen molar-refractivity contribution < 1.29 is 9.84 Å². The number of ether oxygens (including phenoxy) is 1. The first-order valence-corrected chi connectivity index (χ1v) is 7.09. The lowest BCUT2D eigenvalue weighted by Crippen LogP contribution is -2.30. The molecule has 1 aromatic rings. The van der Waals surface area contributed by atoms with Gasteiger partial charge in [-0.1, -0.05) is 6.07 Å². The smallest absolute Gasteiger partial charge is 0.124 e. The minimum atomic E-state index is 0.128. The molecule has 0 heterocycles. The summed E-state index contributed by atoms with van der Waals surface area (Å²) in [6.07, 6.45) is 2.09. The first-order valence-electron chi connectivity index (χ1n) is 5.70. The highest BCUT2D eigenvalue weighted by Crippen LogP contribution is 2.28. The van der Waals surface area contributed by atoms with Crippen molar-refractivity contribution in [2.24, 2.45) is 0 Å². The van der Waals surface area contributed by atoms with Crippen LogP contribution in [-0.4, -0.2) is 30.3 Å². The summed E-state index contributed by atoms with van der Waals surface area (Å²) in [5.74, 6) is 2.01. The SMILES string of the molecule is COc1ccc(C(C)NC(C)CSC)c(O)c1. The summed E-state index contributed by atoms with van der Waals surface area (Å²) in [7, 11) is 1.59. The lowest BCUT2D eigenvalue weighted by atomic mass is 10.1. The first-order chi connectivity index (χ1) is 8.08. The van der Waals surface area contributed by atoms with Crippen molar-refractivity contribution in [3.05, 3.63) is 23.8 Å². The van der Waals surface area contributed by atoms with E-state index in [-0.39, 0.29) is 11.8 Å². The standard InChI is InChI=1S/C13H21NO2S/c1-9(8-17-4)14-10(2)12-6-5-11(16-3)7-13(12)15/h5-7,9-10,14-15H,8H2,1-4H3. The van der Waals surface area contributed by atoms with Crippen LogP contribution in [0.3, 0.4) is 0 Å².